The maximum Gasteiger partial charge on any atom is 0.123 e. The van der Waals surface area contributed by atoms with Crippen molar-refractivity contribution in [3.8, 4) is 0 Å². The number of hydrogen-bond acceptors (Lipinski definition) is 2. The molecule has 3 heteroatoms. The SMILES string of the molecule is CCCn1sc2ccccc2c1=S. The molecule has 0 unspecified atom stereocenters. The number of hydrogen-bond donors (Lipinski definition) is 0. The van der Waals surface area contributed by atoms with Crippen LogP contribution < -0.4 is 0 Å². The first kappa shape index (κ1) is 8.91. The maximum absolute atomic E-state index is 5.37. The van der Waals surface area contributed by atoms with Gasteiger partial charge in [0.15, 0.2) is 0 Å². The molecule has 1 heterocycles. The molecule has 0 saturated carbocycles. The second-order valence-corrected chi connectivity index (χ2v) is 4.44. The van der Waals surface area contributed by atoms with Crippen LogP contribution in [0.4, 0.5) is 0 Å². The molecule has 0 N–H and O–H groups in total. The van der Waals surface area contributed by atoms with Gasteiger partial charge in [-0.25, -0.2) is 0 Å². The maximum atomic E-state index is 5.37. The molecule has 0 amide bonds. The number of aromatic nitrogens is 1. The van der Waals surface area contributed by atoms with Gasteiger partial charge in [-0.2, -0.15) is 0 Å². The van der Waals surface area contributed by atoms with Crippen LogP contribution in [0.5, 0.6) is 0 Å². The largest absolute Gasteiger partial charge is 0.287 e. The Morgan fingerprint density at radius 1 is 1.38 bits per heavy atom. The highest BCUT2D eigenvalue weighted by Gasteiger charge is 2.01. The summed E-state index contributed by atoms with van der Waals surface area (Å²) in [6, 6.07) is 8.33. The van der Waals surface area contributed by atoms with Gasteiger partial charge in [0, 0.05) is 11.9 Å². The first-order valence-corrected chi connectivity index (χ1v) is 5.60. The molecule has 0 atom stereocenters. The number of aryl methyl sites for hydroxylation is 1. The van der Waals surface area contributed by atoms with E-state index in [1.165, 1.54) is 10.1 Å². The Balaban J connectivity index is 2.67. The molecular weight excluding hydrogens is 198 g/mol. The van der Waals surface area contributed by atoms with Crippen molar-refractivity contribution < 1.29 is 0 Å². The van der Waals surface area contributed by atoms with Gasteiger partial charge in [0.05, 0.1) is 4.70 Å². The first-order chi connectivity index (χ1) is 6.33. The van der Waals surface area contributed by atoms with Gasteiger partial charge in [0.1, 0.15) is 4.64 Å². The third kappa shape index (κ3) is 1.54. The Bertz CT molecular complexity index is 467. The molecule has 1 aromatic carbocycles. The molecule has 0 aliphatic carbocycles. The van der Waals surface area contributed by atoms with Crippen molar-refractivity contribution in [2.75, 3.05) is 0 Å². The van der Waals surface area contributed by atoms with Gasteiger partial charge in [-0.3, -0.25) is 3.96 Å². The first-order valence-electron chi connectivity index (χ1n) is 4.42. The Hall–Kier alpha value is -0.670. The van der Waals surface area contributed by atoms with Crippen molar-refractivity contribution >= 4 is 33.8 Å². The third-order valence-electron chi connectivity index (χ3n) is 1.98. The minimum absolute atomic E-state index is 0.988. The van der Waals surface area contributed by atoms with Crippen LogP contribution in [0.1, 0.15) is 13.3 Å². The summed E-state index contributed by atoms with van der Waals surface area (Å²) in [5.74, 6) is 0. The summed E-state index contributed by atoms with van der Waals surface area (Å²) in [4.78, 5) is 0. The van der Waals surface area contributed by atoms with Crippen molar-refractivity contribution in [3.05, 3.63) is 28.9 Å². The van der Waals surface area contributed by atoms with E-state index in [4.69, 9.17) is 12.2 Å². The lowest BCUT2D eigenvalue weighted by atomic mass is 10.3. The van der Waals surface area contributed by atoms with Crippen molar-refractivity contribution in [3.63, 3.8) is 0 Å². The van der Waals surface area contributed by atoms with Gasteiger partial charge in [-0.05, 0) is 12.5 Å². The predicted molar refractivity (Wildman–Crippen MR) is 60.9 cm³/mol. The molecule has 1 aromatic heterocycles. The number of fused-ring (bicyclic) bond motifs is 1. The summed E-state index contributed by atoms with van der Waals surface area (Å²) in [6.45, 7) is 3.21. The fraction of sp³-hybridized carbons (Fsp3) is 0.300. The Labute approximate surface area is 86.8 Å². The highest BCUT2D eigenvalue weighted by Crippen LogP contribution is 2.22. The van der Waals surface area contributed by atoms with Crippen molar-refractivity contribution in [1.82, 2.24) is 3.96 Å². The van der Waals surface area contributed by atoms with Gasteiger partial charge < -0.3 is 0 Å². The van der Waals surface area contributed by atoms with Gasteiger partial charge in [-0.1, -0.05) is 48.9 Å². The predicted octanol–water partition coefficient (Wildman–Crippen LogP) is 3.84. The fourth-order valence-electron chi connectivity index (χ4n) is 1.37. The minimum Gasteiger partial charge on any atom is -0.287 e. The van der Waals surface area contributed by atoms with Crippen LogP contribution in [0.2, 0.25) is 0 Å². The third-order valence-corrected chi connectivity index (χ3v) is 3.67. The van der Waals surface area contributed by atoms with Gasteiger partial charge in [0.25, 0.3) is 0 Å². The summed E-state index contributed by atoms with van der Waals surface area (Å²) < 4.78 is 4.48. The number of benzene rings is 1. The molecule has 13 heavy (non-hydrogen) atoms. The summed E-state index contributed by atoms with van der Waals surface area (Å²) in [7, 11) is 0. The summed E-state index contributed by atoms with van der Waals surface area (Å²) in [5.41, 5.74) is 0. The van der Waals surface area contributed by atoms with E-state index >= 15 is 0 Å². The van der Waals surface area contributed by atoms with Crippen molar-refractivity contribution in [1.29, 1.82) is 0 Å². The standard InChI is InChI=1S/C10H11NS2/c1-2-7-11-10(12)8-5-3-4-6-9(8)13-11/h3-6H,2,7H2,1H3. The molecule has 68 valence electrons. The second kappa shape index (κ2) is 3.60. The van der Waals surface area contributed by atoms with E-state index in [-0.39, 0.29) is 0 Å². The fourth-order valence-corrected chi connectivity index (χ4v) is 2.91. The molecule has 0 bridgehead atoms. The van der Waals surface area contributed by atoms with Crippen LogP contribution >= 0.6 is 23.8 Å². The van der Waals surface area contributed by atoms with E-state index in [2.05, 4.69) is 29.1 Å². The van der Waals surface area contributed by atoms with Crippen LogP contribution in [0.15, 0.2) is 24.3 Å². The monoisotopic (exact) mass is 209 g/mol. The Morgan fingerprint density at radius 3 is 2.85 bits per heavy atom. The zero-order valence-electron chi connectivity index (χ0n) is 7.49. The van der Waals surface area contributed by atoms with E-state index in [9.17, 15) is 0 Å². The zero-order chi connectivity index (χ0) is 9.26. The molecule has 0 fully saturated rings. The molecule has 0 radical (unpaired) electrons. The lowest BCUT2D eigenvalue weighted by Crippen LogP contribution is -1.90. The summed E-state index contributed by atoms with van der Waals surface area (Å²) in [6.07, 6.45) is 1.14. The molecule has 2 aromatic rings. The van der Waals surface area contributed by atoms with E-state index in [0.717, 1.165) is 17.6 Å². The van der Waals surface area contributed by atoms with Gasteiger partial charge in [0.2, 0.25) is 0 Å². The average molecular weight is 209 g/mol. The number of rotatable bonds is 2. The highest BCUT2D eigenvalue weighted by molar-refractivity contribution is 7.71. The number of nitrogens with zero attached hydrogens (tertiary/aromatic N) is 1. The minimum atomic E-state index is 0.988. The van der Waals surface area contributed by atoms with E-state index in [0.29, 0.717) is 0 Å². The van der Waals surface area contributed by atoms with Crippen molar-refractivity contribution in [2.24, 2.45) is 0 Å². The van der Waals surface area contributed by atoms with Crippen LogP contribution in [-0.2, 0) is 6.54 Å². The lowest BCUT2D eigenvalue weighted by Gasteiger charge is -1.94. The topological polar surface area (TPSA) is 4.93 Å². The second-order valence-electron chi connectivity index (χ2n) is 2.99. The van der Waals surface area contributed by atoms with Crippen LogP contribution in [0.3, 0.4) is 0 Å². The molecule has 0 aliphatic rings. The van der Waals surface area contributed by atoms with Crippen LogP contribution in [0.25, 0.3) is 10.1 Å². The molecule has 0 saturated heterocycles. The zero-order valence-corrected chi connectivity index (χ0v) is 9.12. The van der Waals surface area contributed by atoms with Gasteiger partial charge in [-0.15, -0.1) is 0 Å². The summed E-state index contributed by atoms with van der Waals surface area (Å²) >= 11 is 7.13. The Morgan fingerprint density at radius 2 is 2.15 bits per heavy atom. The lowest BCUT2D eigenvalue weighted by molar-refractivity contribution is 0.727. The molecular formula is C10H11NS2. The van der Waals surface area contributed by atoms with Crippen LogP contribution in [-0.4, -0.2) is 3.96 Å². The smallest absolute Gasteiger partial charge is 0.123 e. The molecule has 0 spiro atoms. The summed E-state index contributed by atoms with van der Waals surface area (Å²) in [5, 5.41) is 1.22. The molecule has 0 aliphatic heterocycles. The van der Waals surface area contributed by atoms with E-state index < -0.39 is 0 Å². The van der Waals surface area contributed by atoms with Crippen LogP contribution in [0, 0.1) is 4.64 Å². The average Bonchev–Trinajstić information content (AvgIpc) is 2.46. The van der Waals surface area contributed by atoms with E-state index in [1.54, 1.807) is 11.5 Å². The molecule has 2 rings (SSSR count). The molecule has 1 nitrogen and oxygen atoms in total. The quantitative estimate of drug-likeness (QED) is 0.680. The highest BCUT2D eigenvalue weighted by atomic mass is 32.1. The van der Waals surface area contributed by atoms with Gasteiger partial charge >= 0.3 is 0 Å². The Kier molecular flexibility index (Phi) is 2.47. The van der Waals surface area contributed by atoms with Crippen molar-refractivity contribution in [2.45, 2.75) is 19.9 Å². The van der Waals surface area contributed by atoms with E-state index in [1.807, 2.05) is 6.07 Å². The normalized spacial score (nSPS) is 10.8.